The number of imidazole rings is 1. The second-order valence-corrected chi connectivity index (χ2v) is 4.43. The Kier molecular flexibility index (Phi) is 4.16. The van der Waals surface area contributed by atoms with Crippen LogP contribution in [0.3, 0.4) is 0 Å². The average Bonchev–Trinajstić information content (AvgIpc) is 2.71. The average molecular weight is 263 g/mol. The van der Waals surface area contributed by atoms with Gasteiger partial charge >= 0.3 is 0 Å². The molecule has 1 N–H and O–H groups in total. The van der Waals surface area contributed by atoms with E-state index in [1.807, 2.05) is 24.6 Å². The highest BCUT2D eigenvalue weighted by atomic mass is 19.1. The molecule has 1 heterocycles. The van der Waals surface area contributed by atoms with Crippen LogP contribution in [0.1, 0.15) is 11.3 Å². The van der Waals surface area contributed by atoms with Crippen LogP contribution in [0.4, 0.5) is 10.3 Å². The van der Waals surface area contributed by atoms with Gasteiger partial charge in [0.15, 0.2) is 0 Å². The van der Waals surface area contributed by atoms with Gasteiger partial charge in [0.25, 0.3) is 0 Å². The predicted molar refractivity (Wildman–Crippen MR) is 73.4 cm³/mol. The molecule has 0 saturated heterocycles. The van der Waals surface area contributed by atoms with Gasteiger partial charge in [0.2, 0.25) is 5.95 Å². The minimum absolute atomic E-state index is 0.230. The molecular weight excluding hydrogens is 245 g/mol. The summed E-state index contributed by atoms with van der Waals surface area (Å²) in [6.45, 7) is 5.09. The van der Waals surface area contributed by atoms with Gasteiger partial charge in [0.05, 0.1) is 18.0 Å². The molecule has 0 radical (unpaired) electrons. The molecule has 0 bridgehead atoms. The van der Waals surface area contributed by atoms with Gasteiger partial charge in [-0.3, -0.25) is 4.57 Å². The van der Waals surface area contributed by atoms with E-state index in [0.717, 1.165) is 22.9 Å². The molecule has 1 aromatic heterocycles. The monoisotopic (exact) mass is 263 g/mol. The molecule has 5 heteroatoms. The lowest BCUT2D eigenvalue weighted by Crippen LogP contribution is -2.12. The summed E-state index contributed by atoms with van der Waals surface area (Å²) >= 11 is 0. The van der Waals surface area contributed by atoms with Crippen LogP contribution in [0.25, 0.3) is 5.69 Å². The van der Waals surface area contributed by atoms with Crippen molar-refractivity contribution in [3.05, 3.63) is 41.5 Å². The number of aromatic nitrogens is 2. The Hall–Kier alpha value is -1.88. The summed E-state index contributed by atoms with van der Waals surface area (Å²) in [7, 11) is 1.66. The number of hydrogen-bond acceptors (Lipinski definition) is 3. The van der Waals surface area contributed by atoms with Crippen molar-refractivity contribution in [1.82, 2.24) is 9.55 Å². The van der Waals surface area contributed by atoms with Crippen LogP contribution < -0.4 is 5.32 Å². The van der Waals surface area contributed by atoms with E-state index in [0.29, 0.717) is 13.2 Å². The van der Waals surface area contributed by atoms with Crippen LogP contribution >= 0.6 is 0 Å². The molecule has 0 unspecified atom stereocenters. The standard InChI is InChI=1S/C14H18FN3O/c1-10-8-12(15)4-5-13(10)18-9-11(2)17-14(18)16-6-7-19-3/h4-5,8-9H,6-7H2,1-3H3,(H,16,17). The Morgan fingerprint density at radius 3 is 2.84 bits per heavy atom. The lowest BCUT2D eigenvalue weighted by Gasteiger charge is -2.11. The maximum atomic E-state index is 13.2. The van der Waals surface area contributed by atoms with Crippen LogP contribution in [-0.4, -0.2) is 29.8 Å². The van der Waals surface area contributed by atoms with Crippen LogP contribution in [-0.2, 0) is 4.74 Å². The topological polar surface area (TPSA) is 39.1 Å². The number of nitrogens with one attached hydrogen (secondary N) is 1. The van der Waals surface area contributed by atoms with E-state index in [4.69, 9.17) is 4.74 Å². The zero-order valence-corrected chi connectivity index (χ0v) is 11.4. The van der Waals surface area contributed by atoms with Gasteiger partial charge < -0.3 is 10.1 Å². The number of anilines is 1. The third kappa shape index (κ3) is 3.12. The summed E-state index contributed by atoms with van der Waals surface area (Å²) in [5, 5.41) is 3.21. The summed E-state index contributed by atoms with van der Waals surface area (Å²) < 4.78 is 20.1. The second kappa shape index (κ2) is 5.84. The molecular formula is C14H18FN3O. The van der Waals surface area contributed by atoms with E-state index in [2.05, 4.69) is 10.3 Å². The molecule has 102 valence electrons. The van der Waals surface area contributed by atoms with Gasteiger partial charge in [-0.25, -0.2) is 9.37 Å². The number of methoxy groups -OCH3 is 1. The molecule has 2 rings (SSSR count). The first-order chi connectivity index (χ1) is 9.11. The lowest BCUT2D eigenvalue weighted by atomic mass is 10.2. The Morgan fingerprint density at radius 2 is 2.16 bits per heavy atom. The lowest BCUT2D eigenvalue weighted by molar-refractivity contribution is 0.210. The van der Waals surface area contributed by atoms with E-state index in [9.17, 15) is 4.39 Å². The highest BCUT2D eigenvalue weighted by Crippen LogP contribution is 2.20. The van der Waals surface area contributed by atoms with Crippen LogP contribution in [0.5, 0.6) is 0 Å². The summed E-state index contributed by atoms with van der Waals surface area (Å²) in [6.07, 6.45) is 1.93. The molecule has 0 fully saturated rings. The van der Waals surface area contributed by atoms with Crippen molar-refractivity contribution in [2.45, 2.75) is 13.8 Å². The molecule has 19 heavy (non-hydrogen) atoms. The Labute approximate surface area is 112 Å². The number of aryl methyl sites for hydroxylation is 2. The first-order valence-corrected chi connectivity index (χ1v) is 6.17. The Bertz CT molecular complexity index is 566. The quantitative estimate of drug-likeness (QED) is 0.843. The van der Waals surface area contributed by atoms with Crippen molar-refractivity contribution in [3.63, 3.8) is 0 Å². The molecule has 0 aliphatic heterocycles. The highest BCUT2D eigenvalue weighted by molar-refractivity contribution is 5.47. The van der Waals surface area contributed by atoms with Crippen molar-refractivity contribution in [2.75, 3.05) is 25.6 Å². The second-order valence-electron chi connectivity index (χ2n) is 4.43. The minimum Gasteiger partial charge on any atom is -0.383 e. The number of ether oxygens (including phenoxy) is 1. The zero-order chi connectivity index (χ0) is 13.8. The van der Waals surface area contributed by atoms with E-state index < -0.39 is 0 Å². The van der Waals surface area contributed by atoms with E-state index >= 15 is 0 Å². The highest BCUT2D eigenvalue weighted by Gasteiger charge is 2.09. The van der Waals surface area contributed by atoms with Crippen LogP contribution in [0, 0.1) is 19.7 Å². The number of rotatable bonds is 5. The van der Waals surface area contributed by atoms with Crippen molar-refractivity contribution in [1.29, 1.82) is 0 Å². The fourth-order valence-electron chi connectivity index (χ4n) is 1.96. The van der Waals surface area contributed by atoms with Crippen molar-refractivity contribution >= 4 is 5.95 Å². The fourth-order valence-corrected chi connectivity index (χ4v) is 1.96. The SMILES string of the molecule is COCCNc1nc(C)cn1-c1ccc(F)cc1C. The molecule has 1 aromatic carbocycles. The predicted octanol–water partition coefficient (Wildman–Crippen LogP) is 2.69. The first kappa shape index (κ1) is 13.5. The Balaban J connectivity index is 2.32. The molecule has 0 aliphatic rings. The Morgan fingerprint density at radius 1 is 1.37 bits per heavy atom. The fraction of sp³-hybridized carbons (Fsp3) is 0.357. The summed E-state index contributed by atoms with van der Waals surface area (Å²) in [5.41, 5.74) is 2.69. The smallest absolute Gasteiger partial charge is 0.207 e. The number of benzene rings is 1. The summed E-state index contributed by atoms with van der Waals surface area (Å²) in [5.74, 6) is 0.510. The van der Waals surface area contributed by atoms with E-state index in [1.165, 1.54) is 12.1 Å². The number of nitrogens with zero attached hydrogens (tertiary/aromatic N) is 2. The van der Waals surface area contributed by atoms with Crippen molar-refractivity contribution < 1.29 is 9.13 Å². The molecule has 0 amide bonds. The third-order valence-corrected chi connectivity index (χ3v) is 2.83. The van der Waals surface area contributed by atoms with E-state index in [1.54, 1.807) is 13.2 Å². The van der Waals surface area contributed by atoms with Crippen LogP contribution in [0.2, 0.25) is 0 Å². The maximum Gasteiger partial charge on any atom is 0.207 e. The third-order valence-electron chi connectivity index (χ3n) is 2.83. The largest absolute Gasteiger partial charge is 0.383 e. The minimum atomic E-state index is -0.230. The molecule has 0 spiro atoms. The van der Waals surface area contributed by atoms with E-state index in [-0.39, 0.29) is 5.82 Å². The van der Waals surface area contributed by atoms with Gasteiger partial charge in [0, 0.05) is 19.9 Å². The van der Waals surface area contributed by atoms with Gasteiger partial charge in [0.1, 0.15) is 5.82 Å². The molecule has 0 saturated carbocycles. The van der Waals surface area contributed by atoms with Crippen molar-refractivity contribution in [2.24, 2.45) is 0 Å². The van der Waals surface area contributed by atoms with Crippen LogP contribution in [0.15, 0.2) is 24.4 Å². The van der Waals surface area contributed by atoms with Gasteiger partial charge in [-0.05, 0) is 37.6 Å². The molecule has 0 aliphatic carbocycles. The summed E-state index contributed by atoms with van der Waals surface area (Å²) in [6, 6.07) is 4.73. The van der Waals surface area contributed by atoms with Gasteiger partial charge in [-0.15, -0.1) is 0 Å². The summed E-state index contributed by atoms with van der Waals surface area (Å²) in [4.78, 5) is 4.42. The normalized spacial score (nSPS) is 10.7. The van der Waals surface area contributed by atoms with Gasteiger partial charge in [-0.2, -0.15) is 0 Å². The van der Waals surface area contributed by atoms with Gasteiger partial charge in [-0.1, -0.05) is 0 Å². The number of halogens is 1. The molecule has 2 aromatic rings. The molecule has 4 nitrogen and oxygen atoms in total. The van der Waals surface area contributed by atoms with Crippen molar-refractivity contribution in [3.8, 4) is 5.69 Å². The zero-order valence-electron chi connectivity index (χ0n) is 11.4. The molecule has 0 atom stereocenters. The maximum absolute atomic E-state index is 13.2. The first-order valence-electron chi connectivity index (χ1n) is 6.17. The number of hydrogen-bond donors (Lipinski definition) is 1.